The number of nitrogens with one attached hydrogen (secondary N) is 2. The summed E-state index contributed by atoms with van der Waals surface area (Å²) in [4.78, 5) is 4.78. The first kappa shape index (κ1) is 13.3. The van der Waals surface area contributed by atoms with Gasteiger partial charge in [0.15, 0.2) is 0 Å². The zero-order chi connectivity index (χ0) is 15.9. The van der Waals surface area contributed by atoms with E-state index in [-0.39, 0.29) is 6.17 Å². The van der Waals surface area contributed by atoms with E-state index in [4.69, 9.17) is 9.41 Å². The van der Waals surface area contributed by atoms with Crippen molar-refractivity contribution in [1.82, 2.24) is 10.9 Å². The normalized spacial score (nSPS) is 17.2. The lowest BCUT2D eigenvalue weighted by atomic mass is 10.1. The van der Waals surface area contributed by atoms with E-state index in [1.54, 1.807) is 0 Å². The second kappa shape index (κ2) is 5.22. The van der Waals surface area contributed by atoms with Gasteiger partial charge in [-0.2, -0.15) is 0 Å². The molecule has 2 heterocycles. The van der Waals surface area contributed by atoms with Gasteiger partial charge in [-0.05, 0) is 6.07 Å². The Bertz CT molecular complexity index is 1070. The molecule has 4 heteroatoms. The van der Waals surface area contributed by atoms with Crippen LogP contribution in [0.3, 0.4) is 0 Å². The number of hydrogen-bond acceptors (Lipinski definition) is 4. The molecule has 1 aliphatic heterocycles. The third-order valence-electron chi connectivity index (χ3n) is 4.36. The van der Waals surface area contributed by atoms with Crippen LogP contribution in [0.25, 0.3) is 21.9 Å². The quantitative estimate of drug-likeness (QED) is 0.585. The van der Waals surface area contributed by atoms with Crippen molar-refractivity contribution < 1.29 is 4.42 Å². The molecule has 0 saturated carbocycles. The van der Waals surface area contributed by atoms with Crippen LogP contribution in [-0.2, 0) is 0 Å². The molecule has 1 atom stereocenters. The lowest BCUT2D eigenvalue weighted by Gasteiger charge is -2.07. The first-order valence-electron chi connectivity index (χ1n) is 7.95. The Hall–Kier alpha value is -3.11. The van der Waals surface area contributed by atoms with Gasteiger partial charge in [-0.3, -0.25) is 0 Å². The number of hydrazine groups is 1. The SMILES string of the molecule is c1ccc(C2=NC(c3cccc4c3oc3ccccc34)NN2)cc1. The Kier molecular flexibility index (Phi) is 2.90. The summed E-state index contributed by atoms with van der Waals surface area (Å²) in [6.07, 6.45) is -0.176. The summed E-state index contributed by atoms with van der Waals surface area (Å²) in [5.41, 5.74) is 10.3. The van der Waals surface area contributed by atoms with Crippen LogP contribution in [0.2, 0.25) is 0 Å². The Balaban J connectivity index is 1.64. The molecule has 0 radical (unpaired) electrons. The van der Waals surface area contributed by atoms with Crippen LogP contribution in [0.1, 0.15) is 17.3 Å². The third-order valence-corrected chi connectivity index (χ3v) is 4.36. The lowest BCUT2D eigenvalue weighted by Crippen LogP contribution is -2.31. The predicted octanol–water partition coefficient (Wildman–Crippen LogP) is 4.14. The standard InChI is InChI=1S/C20H15N3O/c1-2-7-13(8-3-1)19-21-20(23-22-19)16-11-6-10-15-14-9-4-5-12-17(14)24-18(15)16/h1-12,20,23H,(H,21,22). The zero-order valence-electron chi connectivity index (χ0n) is 12.9. The smallest absolute Gasteiger partial charge is 0.147 e. The van der Waals surface area contributed by atoms with E-state index in [1.165, 1.54) is 0 Å². The molecule has 1 aliphatic rings. The van der Waals surface area contributed by atoms with E-state index in [0.29, 0.717) is 0 Å². The van der Waals surface area contributed by atoms with Crippen molar-refractivity contribution in [3.05, 3.63) is 83.9 Å². The molecule has 0 fully saturated rings. The number of para-hydroxylation sites is 2. The predicted molar refractivity (Wildman–Crippen MR) is 95.7 cm³/mol. The van der Waals surface area contributed by atoms with E-state index in [2.05, 4.69) is 35.1 Å². The molecular weight excluding hydrogens is 298 g/mol. The summed E-state index contributed by atoms with van der Waals surface area (Å²) in [7, 11) is 0. The molecule has 24 heavy (non-hydrogen) atoms. The molecule has 0 bridgehead atoms. The Morgan fingerprint density at radius 2 is 1.58 bits per heavy atom. The van der Waals surface area contributed by atoms with E-state index < -0.39 is 0 Å². The fourth-order valence-electron chi connectivity index (χ4n) is 3.20. The Labute approximate surface area is 138 Å². The van der Waals surface area contributed by atoms with Crippen LogP contribution in [0, 0.1) is 0 Å². The highest BCUT2D eigenvalue weighted by Gasteiger charge is 2.22. The maximum atomic E-state index is 6.10. The number of aliphatic imine (C=N–C) groups is 1. The molecule has 2 N–H and O–H groups in total. The summed E-state index contributed by atoms with van der Waals surface area (Å²) in [6.45, 7) is 0. The number of amidine groups is 1. The van der Waals surface area contributed by atoms with Gasteiger partial charge >= 0.3 is 0 Å². The van der Waals surface area contributed by atoms with Crippen molar-refractivity contribution in [2.24, 2.45) is 4.99 Å². The minimum Gasteiger partial charge on any atom is -0.456 e. The number of furan rings is 1. The number of hydrogen-bond donors (Lipinski definition) is 2. The van der Waals surface area contributed by atoms with Crippen molar-refractivity contribution >= 4 is 27.8 Å². The maximum Gasteiger partial charge on any atom is 0.147 e. The molecular formula is C20H15N3O. The minimum absolute atomic E-state index is 0.176. The maximum absolute atomic E-state index is 6.10. The van der Waals surface area contributed by atoms with Crippen LogP contribution in [-0.4, -0.2) is 5.84 Å². The van der Waals surface area contributed by atoms with E-state index >= 15 is 0 Å². The number of benzene rings is 3. The Morgan fingerprint density at radius 3 is 2.50 bits per heavy atom. The van der Waals surface area contributed by atoms with Gasteiger partial charge in [0.05, 0.1) is 0 Å². The average Bonchev–Trinajstić information content (AvgIpc) is 3.27. The van der Waals surface area contributed by atoms with Gasteiger partial charge in [0.1, 0.15) is 23.2 Å². The highest BCUT2D eigenvalue weighted by molar-refractivity contribution is 6.06. The number of rotatable bonds is 2. The molecule has 116 valence electrons. The Morgan fingerprint density at radius 1 is 0.792 bits per heavy atom. The van der Waals surface area contributed by atoms with Crippen molar-refractivity contribution in [1.29, 1.82) is 0 Å². The van der Waals surface area contributed by atoms with Gasteiger partial charge in [-0.1, -0.05) is 66.7 Å². The molecule has 5 rings (SSSR count). The summed E-state index contributed by atoms with van der Waals surface area (Å²) in [5.74, 6) is 0.841. The summed E-state index contributed by atoms with van der Waals surface area (Å²) in [6, 6.07) is 24.4. The third kappa shape index (κ3) is 2.01. The summed E-state index contributed by atoms with van der Waals surface area (Å²) >= 11 is 0. The number of fused-ring (bicyclic) bond motifs is 3. The lowest BCUT2D eigenvalue weighted by molar-refractivity contribution is 0.565. The van der Waals surface area contributed by atoms with Gasteiger partial charge in [0.2, 0.25) is 0 Å². The molecule has 4 nitrogen and oxygen atoms in total. The van der Waals surface area contributed by atoms with Crippen molar-refractivity contribution in [2.75, 3.05) is 0 Å². The molecule has 1 aromatic heterocycles. The molecule has 0 aliphatic carbocycles. The van der Waals surface area contributed by atoms with E-state index in [9.17, 15) is 0 Å². The van der Waals surface area contributed by atoms with Crippen LogP contribution < -0.4 is 10.9 Å². The van der Waals surface area contributed by atoms with Gasteiger partial charge < -0.3 is 9.84 Å². The minimum atomic E-state index is -0.176. The van der Waals surface area contributed by atoms with Gasteiger partial charge in [0, 0.05) is 21.9 Å². The monoisotopic (exact) mass is 313 g/mol. The summed E-state index contributed by atoms with van der Waals surface area (Å²) in [5, 5.41) is 2.25. The molecule has 0 spiro atoms. The highest BCUT2D eigenvalue weighted by Crippen LogP contribution is 2.34. The van der Waals surface area contributed by atoms with E-state index in [0.717, 1.165) is 38.9 Å². The first-order valence-corrected chi connectivity index (χ1v) is 7.95. The second-order valence-corrected chi connectivity index (χ2v) is 5.84. The second-order valence-electron chi connectivity index (χ2n) is 5.84. The molecule has 1 unspecified atom stereocenters. The van der Waals surface area contributed by atoms with E-state index in [1.807, 2.05) is 48.5 Å². The molecule has 4 aromatic rings. The highest BCUT2D eigenvalue weighted by atomic mass is 16.3. The largest absolute Gasteiger partial charge is 0.456 e. The van der Waals surface area contributed by atoms with Crippen molar-refractivity contribution in [2.45, 2.75) is 6.17 Å². The summed E-state index contributed by atoms with van der Waals surface area (Å²) < 4.78 is 6.10. The van der Waals surface area contributed by atoms with Crippen LogP contribution in [0.4, 0.5) is 0 Å². The molecule has 0 saturated heterocycles. The van der Waals surface area contributed by atoms with Crippen molar-refractivity contribution in [3.8, 4) is 0 Å². The zero-order valence-corrected chi connectivity index (χ0v) is 12.9. The van der Waals surface area contributed by atoms with Crippen molar-refractivity contribution in [3.63, 3.8) is 0 Å². The van der Waals surface area contributed by atoms with Crippen LogP contribution >= 0.6 is 0 Å². The van der Waals surface area contributed by atoms with Gasteiger partial charge in [-0.25, -0.2) is 10.4 Å². The van der Waals surface area contributed by atoms with Gasteiger partial charge in [0.25, 0.3) is 0 Å². The molecule has 0 amide bonds. The topological polar surface area (TPSA) is 49.6 Å². The number of nitrogens with zero attached hydrogens (tertiary/aromatic N) is 1. The first-order chi connectivity index (χ1) is 11.9. The van der Waals surface area contributed by atoms with Crippen LogP contribution in [0.5, 0.6) is 0 Å². The molecule has 3 aromatic carbocycles. The average molecular weight is 313 g/mol. The van der Waals surface area contributed by atoms with Gasteiger partial charge in [-0.15, -0.1) is 0 Å². The fraction of sp³-hybridized carbons (Fsp3) is 0.0500. The fourth-order valence-corrected chi connectivity index (χ4v) is 3.20. The van der Waals surface area contributed by atoms with Crippen LogP contribution in [0.15, 0.2) is 82.2 Å².